The molecule has 0 fully saturated rings. The summed E-state index contributed by atoms with van der Waals surface area (Å²) in [6.45, 7) is 7.90. The summed E-state index contributed by atoms with van der Waals surface area (Å²) in [5.41, 5.74) is 2.84. The van der Waals surface area contributed by atoms with Gasteiger partial charge in [-0.2, -0.15) is 9.61 Å². The van der Waals surface area contributed by atoms with Gasteiger partial charge in [0.2, 0.25) is 5.91 Å². The molecule has 6 heteroatoms. The third-order valence-electron chi connectivity index (χ3n) is 4.32. The van der Waals surface area contributed by atoms with Crippen LogP contribution in [-0.4, -0.2) is 25.7 Å². The van der Waals surface area contributed by atoms with Gasteiger partial charge in [0.25, 0.3) is 0 Å². The number of benzene rings is 1. The number of rotatable bonds is 5. The van der Waals surface area contributed by atoms with Gasteiger partial charge in [-0.25, -0.2) is 0 Å². The molecule has 130 valence electrons. The Kier molecular flexibility index (Phi) is 4.53. The Morgan fingerprint density at radius 2 is 2.00 bits per heavy atom. The molecule has 0 radical (unpaired) electrons. The molecule has 0 bridgehead atoms. The van der Waals surface area contributed by atoms with Crippen molar-refractivity contribution in [3.63, 3.8) is 0 Å². The predicted octanol–water partition coefficient (Wildman–Crippen LogP) is 3.86. The van der Waals surface area contributed by atoms with Gasteiger partial charge in [-0.05, 0) is 37.6 Å². The number of hydrogen-bond donors (Lipinski definition) is 1. The van der Waals surface area contributed by atoms with Gasteiger partial charge in [0, 0.05) is 16.7 Å². The highest BCUT2D eigenvalue weighted by Crippen LogP contribution is 2.26. The molecular formula is C19H23N5O. The first-order valence-corrected chi connectivity index (χ1v) is 8.51. The molecule has 0 atom stereocenters. The van der Waals surface area contributed by atoms with Crippen molar-refractivity contribution in [3.05, 3.63) is 42.2 Å². The van der Waals surface area contributed by atoms with E-state index in [2.05, 4.69) is 27.5 Å². The number of anilines is 1. The van der Waals surface area contributed by atoms with Crippen molar-refractivity contribution < 1.29 is 4.79 Å². The molecule has 6 nitrogen and oxygen atoms in total. The van der Waals surface area contributed by atoms with Crippen LogP contribution in [0.1, 0.15) is 39.4 Å². The molecule has 0 aliphatic rings. The van der Waals surface area contributed by atoms with Crippen molar-refractivity contribution in [2.75, 3.05) is 5.32 Å². The molecule has 1 aromatic carbocycles. The maximum atomic E-state index is 12.5. The molecule has 2 heterocycles. The fourth-order valence-corrected chi connectivity index (χ4v) is 2.85. The number of aryl methyl sites for hydroxylation is 1. The highest BCUT2D eigenvalue weighted by Gasteiger charge is 2.26. The van der Waals surface area contributed by atoms with Crippen LogP contribution in [0.5, 0.6) is 0 Å². The van der Waals surface area contributed by atoms with Crippen molar-refractivity contribution in [3.8, 4) is 11.3 Å². The van der Waals surface area contributed by atoms with Gasteiger partial charge in [0.05, 0.1) is 5.69 Å². The van der Waals surface area contributed by atoms with E-state index in [1.165, 1.54) is 0 Å². The minimum absolute atomic E-state index is 0.0320. The van der Waals surface area contributed by atoms with Crippen LogP contribution in [0.4, 0.5) is 5.69 Å². The van der Waals surface area contributed by atoms with E-state index in [4.69, 9.17) is 0 Å². The van der Waals surface area contributed by atoms with Gasteiger partial charge in [-0.3, -0.25) is 4.79 Å². The van der Waals surface area contributed by atoms with Crippen LogP contribution in [0, 0.1) is 12.3 Å². The number of fused-ring (bicyclic) bond motifs is 1. The van der Waals surface area contributed by atoms with E-state index < -0.39 is 0 Å². The fourth-order valence-electron chi connectivity index (χ4n) is 2.85. The lowest BCUT2D eigenvalue weighted by Crippen LogP contribution is -2.30. The zero-order valence-corrected chi connectivity index (χ0v) is 15.1. The summed E-state index contributed by atoms with van der Waals surface area (Å²) in [5, 5.41) is 15.7. The van der Waals surface area contributed by atoms with Crippen molar-refractivity contribution in [2.24, 2.45) is 5.41 Å². The number of nitrogens with one attached hydrogen (secondary N) is 1. The second kappa shape index (κ2) is 6.63. The number of amides is 1. The van der Waals surface area contributed by atoms with Gasteiger partial charge in [-0.1, -0.05) is 39.3 Å². The van der Waals surface area contributed by atoms with E-state index >= 15 is 0 Å². The van der Waals surface area contributed by atoms with E-state index in [0.29, 0.717) is 5.65 Å². The Hall–Kier alpha value is -2.76. The average Bonchev–Trinajstić information content (AvgIpc) is 2.96. The number of hydrogen-bond acceptors (Lipinski definition) is 4. The lowest BCUT2D eigenvalue weighted by Gasteiger charge is -2.23. The van der Waals surface area contributed by atoms with Crippen LogP contribution in [0.3, 0.4) is 0 Å². The first-order valence-electron chi connectivity index (χ1n) is 8.51. The van der Waals surface area contributed by atoms with Crippen LogP contribution < -0.4 is 5.32 Å². The molecular weight excluding hydrogens is 314 g/mol. The molecule has 0 unspecified atom stereocenters. The standard InChI is InChI=1S/C19H23N5O/c1-5-11-19(3,4)18(25)20-15-8-6-7-14(12-15)16-9-10-17-22-21-13(2)24(17)23-16/h6-10,12H,5,11H2,1-4H3,(H,20,25). The minimum Gasteiger partial charge on any atom is -0.326 e. The Balaban J connectivity index is 1.88. The SMILES string of the molecule is CCCC(C)(C)C(=O)Nc1cccc(-c2ccc3nnc(C)n3n2)c1. The smallest absolute Gasteiger partial charge is 0.230 e. The number of aromatic nitrogens is 4. The first kappa shape index (κ1) is 17.1. The lowest BCUT2D eigenvalue weighted by molar-refractivity contribution is -0.124. The Labute approximate surface area is 147 Å². The summed E-state index contributed by atoms with van der Waals surface area (Å²) in [7, 11) is 0. The summed E-state index contributed by atoms with van der Waals surface area (Å²) in [6.07, 6.45) is 1.83. The third kappa shape index (κ3) is 3.52. The normalized spacial score (nSPS) is 11.7. The minimum atomic E-state index is -0.387. The molecule has 3 aromatic rings. The highest BCUT2D eigenvalue weighted by molar-refractivity contribution is 5.95. The van der Waals surface area contributed by atoms with Crippen LogP contribution in [-0.2, 0) is 4.79 Å². The van der Waals surface area contributed by atoms with E-state index in [1.807, 2.05) is 57.2 Å². The molecule has 0 saturated heterocycles. The van der Waals surface area contributed by atoms with Crippen LogP contribution in [0.2, 0.25) is 0 Å². The Morgan fingerprint density at radius 3 is 2.76 bits per heavy atom. The number of nitrogens with zero attached hydrogens (tertiary/aromatic N) is 4. The van der Waals surface area contributed by atoms with Crippen LogP contribution in [0.25, 0.3) is 16.9 Å². The second-order valence-corrected chi connectivity index (χ2v) is 6.90. The summed E-state index contributed by atoms with van der Waals surface area (Å²) < 4.78 is 1.71. The number of carbonyl (C=O) groups excluding carboxylic acids is 1. The quantitative estimate of drug-likeness (QED) is 0.767. The van der Waals surface area contributed by atoms with Gasteiger partial charge in [0.15, 0.2) is 11.5 Å². The molecule has 25 heavy (non-hydrogen) atoms. The van der Waals surface area contributed by atoms with Crippen LogP contribution in [0.15, 0.2) is 36.4 Å². The van der Waals surface area contributed by atoms with Gasteiger partial charge < -0.3 is 5.32 Å². The average molecular weight is 337 g/mol. The summed E-state index contributed by atoms with van der Waals surface area (Å²) >= 11 is 0. The van der Waals surface area contributed by atoms with E-state index in [1.54, 1.807) is 4.52 Å². The third-order valence-corrected chi connectivity index (χ3v) is 4.32. The molecule has 3 rings (SSSR count). The van der Waals surface area contributed by atoms with E-state index in [-0.39, 0.29) is 11.3 Å². The molecule has 1 amide bonds. The topological polar surface area (TPSA) is 72.2 Å². The Morgan fingerprint density at radius 1 is 1.20 bits per heavy atom. The van der Waals surface area contributed by atoms with Crippen molar-refractivity contribution in [1.82, 2.24) is 19.8 Å². The summed E-state index contributed by atoms with van der Waals surface area (Å²) in [4.78, 5) is 12.5. The number of carbonyl (C=O) groups is 1. The first-order chi connectivity index (χ1) is 11.9. The van der Waals surface area contributed by atoms with E-state index in [9.17, 15) is 4.79 Å². The zero-order valence-electron chi connectivity index (χ0n) is 15.1. The Bertz CT molecular complexity index is 913. The molecule has 1 N–H and O–H groups in total. The summed E-state index contributed by atoms with van der Waals surface area (Å²) in [5.74, 6) is 0.771. The van der Waals surface area contributed by atoms with E-state index in [0.717, 1.165) is 35.6 Å². The molecule has 2 aromatic heterocycles. The predicted molar refractivity (Wildman–Crippen MR) is 98.3 cm³/mol. The fraction of sp³-hybridized carbons (Fsp3) is 0.368. The monoisotopic (exact) mass is 337 g/mol. The van der Waals surface area contributed by atoms with Crippen molar-refractivity contribution in [1.29, 1.82) is 0 Å². The molecule has 0 spiro atoms. The maximum absolute atomic E-state index is 12.5. The van der Waals surface area contributed by atoms with Gasteiger partial charge >= 0.3 is 0 Å². The van der Waals surface area contributed by atoms with Crippen molar-refractivity contribution >= 4 is 17.2 Å². The zero-order chi connectivity index (χ0) is 18.0. The van der Waals surface area contributed by atoms with Crippen LogP contribution >= 0.6 is 0 Å². The molecule has 0 aliphatic heterocycles. The van der Waals surface area contributed by atoms with Gasteiger partial charge in [0.1, 0.15) is 0 Å². The lowest BCUT2D eigenvalue weighted by atomic mass is 9.87. The van der Waals surface area contributed by atoms with Gasteiger partial charge in [-0.15, -0.1) is 10.2 Å². The molecule has 0 aliphatic carbocycles. The maximum Gasteiger partial charge on any atom is 0.230 e. The van der Waals surface area contributed by atoms with Crippen molar-refractivity contribution in [2.45, 2.75) is 40.5 Å². The molecule has 0 saturated carbocycles. The largest absolute Gasteiger partial charge is 0.326 e. The second-order valence-electron chi connectivity index (χ2n) is 6.90. The summed E-state index contributed by atoms with van der Waals surface area (Å²) in [6, 6.07) is 11.5. The highest BCUT2D eigenvalue weighted by atomic mass is 16.2.